The minimum absolute atomic E-state index is 0.160. The quantitative estimate of drug-likeness (QED) is 0.710. The van der Waals surface area contributed by atoms with Crippen LogP contribution in [0.4, 0.5) is 0 Å². The number of carbonyl (C=O) groups is 2. The maximum Gasteiger partial charge on any atom is 0.268 e. The number of aryl methyl sites for hydroxylation is 1. The minimum Gasteiger partial charge on any atom is -0.496 e. The lowest BCUT2D eigenvalue weighted by molar-refractivity contribution is -0.119. The predicted molar refractivity (Wildman–Crippen MR) is 108 cm³/mol. The molecule has 150 valence electrons. The van der Waals surface area contributed by atoms with E-state index in [1.807, 2.05) is 6.92 Å². The van der Waals surface area contributed by atoms with Gasteiger partial charge in [0.2, 0.25) is 5.91 Å². The number of nitrogens with one attached hydrogen (secondary N) is 1. The first-order chi connectivity index (χ1) is 13.7. The van der Waals surface area contributed by atoms with Gasteiger partial charge in [0.1, 0.15) is 5.75 Å². The maximum absolute atomic E-state index is 13.3. The lowest BCUT2D eigenvalue weighted by atomic mass is 9.87. The number of ketones is 1. The number of rotatable bonds is 4. The van der Waals surface area contributed by atoms with Gasteiger partial charge in [-0.2, -0.15) is 0 Å². The summed E-state index contributed by atoms with van der Waals surface area (Å²) >= 11 is 0. The lowest BCUT2D eigenvalue weighted by Crippen LogP contribution is -2.43. The number of Topliss-reactive ketones (excluding diaryl/α,β-unsaturated/α-hetero) is 1. The van der Waals surface area contributed by atoms with Gasteiger partial charge in [-0.15, -0.1) is 0 Å². The van der Waals surface area contributed by atoms with Crippen LogP contribution in [-0.4, -0.2) is 37.2 Å². The number of amides is 1. The first-order valence-corrected chi connectivity index (χ1v) is 10.5. The zero-order valence-corrected chi connectivity index (χ0v) is 17.0. The summed E-state index contributed by atoms with van der Waals surface area (Å²) in [7, 11) is -2.41. The summed E-state index contributed by atoms with van der Waals surface area (Å²) in [4.78, 5) is 24.7. The highest BCUT2D eigenvalue weighted by Crippen LogP contribution is 2.38. The molecule has 0 saturated heterocycles. The third kappa shape index (κ3) is 3.00. The minimum atomic E-state index is -3.86. The Morgan fingerprint density at radius 3 is 2.48 bits per heavy atom. The van der Waals surface area contributed by atoms with Crippen LogP contribution in [-0.2, 0) is 21.2 Å². The van der Waals surface area contributed by atoms with E-state index < -0.39 is 16.1 Å². The summed E-state index contributed by atoms with van der Waals surface area (Å²) in [5, 5.41) is 3.20. The maximum atomic E-state index is 13.3. The van der Waals surface area contributed by atoms with Crippen molar-refractivity contribution in [1.82, 2.24) is 9.29 Å². The van der Waals surface area contributed by atoms with Gasteiger partial charge in [-0.1, -0.05) is 17.7 Å². The van der Waals surface area contributed by atoms with Crippen molar-refractivity contribution in [3.63, 3.8) is 0 Å². The summed E-state index contributed by atoms with van der Waals surface area (Å²) in [5.41, 5.74) is 2.33. The van der Waals surface area contributed by atoms with E-state index in [0.29, 0.717) is 27.8 Å². The summed E-state index contributed by atoms with van der Waals surface area (Å²) < 4.78 is 33.1. The second-order valence-electron chi connectivity index (χ2n) is 7.13. The van der Waals surface area contributed by atoms with Crippen molar-refractivity contribution < 1.29 is 22.7 Å². The normalized spacial score (nSPS) is 16.1. The number of hydrogen-bond acceptors (Lipinski definition) is 5. The van der Waals surface area contributed by atoms with Crippen molar-refractivity contribution in [3.05, 3.63) is 59.3 Å². The van der Waals surface area contributed by atoms with Crippen LogP contribution in [0.1, 0.15) is 28.4 Å². The van der Waals surface area contributed by atoms with E-state index in [1.54, 1.807) is 36.4 Å². The number of nitrogens with zero attached hydrogens (tertiary/aromatic N) is 1. The zero-order chi connectivity index (χ0) is 20.9. The van der Waals surface area contributed by atoms with Gasteiger partial charge in [-0.25, -0.2) is 12.4 Å². The lowest BCUT2D eigenvalue weighted by Gasteiger charge is -2.23. The summed E-state index contributed by atoms with van der Waals surface area (Å²) in [6.07, 6.45) is 1.75. The molecule has 1 aliphatic carbocycles. The van der Waals surface area contributed by atoms with Crippen LogP contribution < -0.4 is 10.1 Å². The molecule has 1 atom stereocenters. The Kier molecular flexibility index (Phi) is 4.46. The molecule has 0 aliphatic heterocycles. The molecule has 0 bridgehead atoms. The van der Waals surface area contributed by atoms with Crippen molar-refractivity contribution in [2.75, 3.05) is 7.11 Å². The first kappa shape index (κ1) is 19.2. The zero-order valence-electron chi connectivity index (χ0n) is 16.2. The molecular formula is C21H20N2O5S. The van der Waals surface area contributed by atoms with Crippen molar-refractivity contribution in [2.45, 2.75) is 31.2 Å². The topological polar surface area (TPSA) is 94.5 Å². The number of methoxy groups -OCH3 is 1. The SMILES string of the molecule is COc1ccc2c3c(cn2S(=O)(=O)c2ccc(C)cc2)CC(NC(C)=O)C(=O)c13. The Morgan fingerprint density at radius 2 is 1.86 bits per heavy atom. The summed E-state index contributed by atoms with van der Waals surface area (Å²) in [6, 6.07) is 9.05. The Labute approximate surface area is 168 Å². The monoisotopic (exact) mass is 412 g/mol. The molecule has 1 heterocycles. The van der Waals surface area contributed by atoms with Crippen molar-refractivity contribution >= 4 is 32.6 Å². The summed E-state index contributed by atoms with van der Waals surface area (Å²) in [6.45, 7) is 3.22. The number of benzene rings is 2. The third-order valence-electron chi connectivity index (χ3n) is 5.14. The van der Waals surface area contributed by atoms with E-state index in [4.69, 9.17) is 4.74 Å². The molecule has 3 aromatic rings. The van der Waals surface area contributed by atoms with E-state index in [9.17, 15) is 18.0 Å². The Morgan fingerprint density at radius 1 is 1.17 bits per heavy atom. The van der Waals surface area contributed by atoms with E-state index in [-0.39, 0.29) is 23.0 Å². The highest BCUT2D eigenvalue weighted by atomic mass is 32.2. The fourth-order valence-corrected chi connectivity index (χ4v) is 5.18. The third-order valence-corrected chi connectivity index (χ3v) is 6.83. The smallest absolute Gasteiger partial charge is 0.268 e. The summed E-state index contributed by atoms with van der Waals surface area (Å²) in [5.74, 6) is -0.269. The van der Waals surface area contributed by atoms with Crippen molar-refractivity contribution in [2.24, 2.45) is 0 Å². The molecule has 29 heavy (non-hydrogen) atoms. The van der Waals surface area contributed by atoms with Crippen LogP contribution in [0.25, 0.3) is 10.9 Å². The van der Waals surface area contributed by atoms with Crippen LogP contribution in [0.5, 0.6) is 5.75 Å². The Balaban J connectivity index is 1.96. The van der Waals surface area contributed by atoms with E-state index >= 15 is 0 Å². The molecule has 0 spiro atoms. The van der Waals surface area contributed by atoms with Gasteiger partial charge in [0.25, 0.3) is 10.0 Å². The van der Waals surface area contributed by atoms with Gasteiger partial charge < -0.3 is 10.1 Å². The standard InChI is InChI=1S/C21H20N2O5S/c1-12-4-6-15(7-5-12)29(26,27)23-11-14-10-16(22-13(2)24)21(25)20-18(28-3)9-8-17(23)19(14)20/h4-9,11,16H,10H2,1-3H3,(H,22,24). The largest absolute Gasteiger partial charge is 0.496 e. The second-order valence-corrected chi connectivity index (χ2v) is 8.94. The highest BCUT2D eigenvalue weighted by molar-refractivity contribution is 7.90. The number of hydrogen-bond donors (Lipinski definition) is 1. The van der Waals surface area contributed by atoms with Crippen LogP contribution in [0.3, 0.4) is 0 Å². The van der Waals surface area contributed by atoms with Gasteiger partial charge in [0.05, 0.1) is 29.1 Å². The molecule has 1 N–H and O–H groups in total. The average molecular weight is 412 g/mol. The average Bonchev–Trinajstić information content (AvgIpc) is 3.05. The van der Waals surface area contributed by atoms with E-state index in [2.05, 4.69) is 5.32 Å². The highest BCUT2D eigenvalue weighted by Gasteiger charge is 2.35. The van der Waals surface area contributed by atoms with Gasteiger partial charge in [-0.05, 0) is 36.8 Å². The van der Waals surface area contributed by atoms with E-state index in [1.165, 1.54) is 24.2 Å². The van der Waals surface area contributed by atoms with Crippen LogP contribution in [0.2, 0.25) is 0 Å². The molecule has 7 nitrogen and oxygen atoms in total. The Bertz CT molecular complexity index is 1260. The van der Waals surface area contributed by atoms with Gasteiger partial charge >= 0.3 is 0 Å². The molecule has 1 unspecified atom stereocenters. The molecule has 4 rings (SSSR count). The van der Waals surface area contributed by atoms with Crippen LogP contribution >= 0.6 is 0 Å². The van der Waals surface area contributed by atoms with Crippen molar-refractivity contribution in [3.8, 4) is 5.75 Å². The van der Waals surface area contributed by atoms with E-state index in [0.717, 1.165) is 5.56 Å². The predicted octanol–water partition coefficient (Wildman–Crippen LogP) is 2.44. The van der Waals surface area contributed by atoms with Gasteiger partial charge in [-0.3, -0.25) is 9.59 Å². The molecule has 1 aromatic heterocycles. The second kappa shape index (κ2) is 6.73. The molecule has 0 saturated carbocycles. The first-order valence-electron chi connectivity index (χ1n) is 9.08. The molecule has 8 heteroatoms. The van der Waals surface area contributed by atoms with Crippen LogP contribution in [0, 0.1) is 6.92 Å². The number of ether oxygens (including phenoxy) is 1. The van der Waals surface area contributed by atoms with Gasteiger partial charge in [0.15, 0.2) is 5.78 Å². The number of carbonyl (C=O) groups excluding carboxylic acids is 2. The van der Waals surface area contributed by atoms with Crippen LogP contribution in [0.15, 0.2) is 47.5 Å². The molecule has 1 aliphatic rings. The molecule has 2 aromatic carbocycles. The Hall–Kier alpha value is -3.13. The van der Waals surface area contributed by atoms with Gasteiger partial charge in [0, 0.05) is 24.9 Å². The molecule has 1 amide bonds. The van der Waals surface area contributed by atoms with Crippen molar-refractivity contribution in [1.29, 1.82) is 0 Å². The number of aromatic nitrogens is 1. The fourth-order valence-electron chi connectivity index (χ4n) is 3.80. The fraction of sp³-hybridized carbons (Fsp3) is 0.238. The molecule has 0 radical (unpaired) electrons. The molecular weight excluding hydrogens is 392 g/mol. The molecule has 0 fully saturated rings.